The summed E-state index contributed by atoms with van der Waals surface area (Å²) in [5, 5.41) is 44.0. The summed E-state index contributed by atoms with van der Waals surface area (Å²) in [5.74, 6) is -0.770. The van der Waals surface area contributed by atoms with Crippen LogP contribution in [0.15, 0.2) is 58.7 Å². The van der Waals surface area contributed by atoms with E-state index in [9.17, 15) is 25.2 Å². The van der Waals surface area contributed by atoms with Gasteiger partial charge in [0.25, 0.3) is 0 Å². The number of allylic oxidation sites excluding steroid dienone is 4. The molecule has 0 aliphatic carbocycles. The summed E-state index contributed by atoms with van der Waals surface area (Å²) in [6.45, 7) is 15.0. The smallest absolute Gasteiger partial charge is 0.336 e. The molecule has 2 unspecified atom stereocenters. The second kappa shape index (κ2) is 22.0. The Morgan fingerprint density at radius 3 is 2.11 bits per heavy atom. The molecule has 0 saturated carbocycles. The van der Waals surface area contributed by atoms with Crippen molar-refractivity contribution >= 4 is 5.97 Å². The number of cyclic esters (lactones) is 1. The van der Waals surface area contributed by atoms with Gasteiger partial charge in [0.1, 0.15) is 36.6 Å². The third kappa shape index (κ3) is 12.4. The van der Waals surface area contributed by atoms with Crippen molar-refractivity contribution in [2.75, 3.05) is 34.9 Å². The standard InChI is InChI=1S/C42H69NO12/c1-13-29-21-25(5)31(45)17-15-14-16-30(22-44)40(48)53-32(23(2)3)19-18-24(4)20-26(6)36(29)54-41-34(46)33(43(9)10)37(27(7)51-41)55-42-39(50-12)35(47)38(49-11)28(8)52-42/h14-16,18,20-21,23,27-29,31-39,41-42,44-47H,13,17,19,22H2,1-12H3/t27-,28+,29+,31-,32-,33-,34-,35-,36-,37-,38+,39+,41?,42?/m0/s1. The van der Waals surface area contributed by atoms with Crippen LogP contribution in [0.3, 0.4) is 0 Å². The van der Waals surface area contributed by atoms with Crippen molar-refractivity contribution in [1.29, 1.82) is 0 Å². The lowest BCUT2D eigenvalue weighted by Crippen LogP contribution is -2.66. The summed E-state index contributed by atoms with van der Waals surface area (Å²) in [4.78, 5) is 14.8. The van der Waals surface area contributed by atoms with Gasteiger partial charge < -0.3 is 58.5 Å². The lowest BCUT2D eigenvalue weighted by molar-refractivity contribution is -0.351. The molecule has 0 aromatic rings. The predicted octanol–water partition coefficient (Wildman–Crippen LogP) is 3.99. The third-order valence-electron chi connectivity index (χ3n) is 10.9. The first kappa shape index (κ1) is 47.1. The van der Waals surface area contributed by atoms with Gasteiger partial charge in [-0.3, -0.25) is 0 Å². The topological polar surface area (TPSA) is 166 Å². The van der Waals surface area contributed by atoms with Crippen molar-refractivity contribution in [3.05, 3.63) is 58.7 Å². The molecule has 0 spiro atoms. The maximum absolute atomic E-state index is 13.0. The average molecular weight is 780 g/mol. The van der Waals surface area contributed by atoms with Crippen LogP contribution < -0.4 is 0 Å². The molecule has 0 aromatic carbocycles. The van der Waals surface area contributed by atoms with Gasteiger partial charge in [-0.25, -0.2) is 4.79 Å². The molecule has 3 heterocycles. The highest BCUT2D eigenvalue weighted by atomic mass is 16.7. The van der Waals surface area contributed by atoms with E-state index in [4.69, 9.17) is 33.2 Å². The zero-order valence-corrected chi connectivity index (χ0v) is 35.0. The van der Waals surface area contributed by atoms with Crippen LogP contribution in [-0.4, -0.2) is 146 Å². The first-order chi connectivity index (χ1) is 26.0. The molecule has 2 fully saturated rings. The minimum atomic E-state index is -1.16. The number of hydrogen-bond acceptors (Lipinski definition) is 13. The second-order valence-electron chi connectivity index (χ2n) is 15.7. The molecule has 55 heavy (non-hydrogen) atoms. The number of nitrogens with zero attached hydrogens (tertiary/aromatic N) is 1. The Balaban J connectivity index is 2.00. The van der Waals surface area contributed by atoms with Gasteiger partial charge in [-0.2, -0.15) is 0 Å². The number of aliphatic hydroxyl groups excluding tert-OH is 4. The SMILES string of the molecule is CC[C@@H]1C=C(C)[C@@H](O)CC=CC=C(CO)C(=O)O[C@H](C(C)C)CC=C(C)C=C(C)[C@@H]1OC1O[C@@H](C)[C@H](OC2O[C@H](C)[C@@H](OC)[C@H](O)[C@H]2OC)[C@@H](N(C)C)[C@@H]1O. The third-order valence-corrected chi connectivity index (χ3v) is 10.9. The van der Waals surface area contributed by atoms with Gasteiger partial charge in [0, 0.05) is 26.6 Å². The van der Waals surface area contributed by atoms with E-state index < -0.39 is 92.2 Å². The number of esters is 1. The van der Waals surface area contributed by atoms with Gasteiger partial charge in [-0.1, -0.05) is 56.7 Å². The Morgan fingerprint density at radius 1 is 0.891 bits per heavy atom. The number of methoxy groups -OCH3 is 2. The van der Waals surface area contributed by atoms with E-state index in [2.05, 4.69) is 6.92 Å². The highest BCUT2D eigenvalue weighted by Crippen LogP contribution is 2.35. The van der Waals surface area contributed by atoms with Crippen LogP contribution in [0.1, 0.15) is 74.7 Å². The Morgan fingerprint density at radius 2 is 1.53 bits per heavy atom. The largest absolute Gasteiger partial charge is 0.458 e. The molecule has 13 heteroatoms. The maximum Gasteiger partial charge on any atom is 0.336 e. The first-order valence-electron chi connectivity index (χ1n) is 19.6. The lowest BCUT2D eigenvalue weighted by atomic mass is 9.89. The van der Waals surface area contributed by atoms with Gasteiger partial charge in [0.05, 0.1) is 42.6 Å². The van der Waals surface area contributed by atoms with E-state index in [-0.39, 0.29) is 23.8 Å². The molecule has 0 bridgehead atoms. The zero-order valence-electron chi connectivity index (χ0n) is 35.0. The van der Waals surface area contributed by atoms with Gasteiger partial charge in [0.2, 0.25) is 0 Å². The molecule has 13 nitrogen and oxygen atoms in total. The van der Waals surface area contributed by atoms with Crippen LogP contribution in [0.4, 0.5) is 0 Å². The molecular weight excluding hydrogens is 710 g/mol. The van der Waals surface area contributed by atoms with Crippen molar-refractivity contribution in [1.82, 2.24) is 4.90 Å². The van der Waals surface area contributed by atoms with Crippen molar-refractivity contribution in [2.45, 2.75) is 154 Å². The van der Waals surface area contributed by atoms with Crippen LogP contribution in [0.5, 0.6) is 0 Å². The van der Waals surface area contributed by atoms with Gasteiger partial charge in [-0.05, 0) is 84.7 Å². The van der Waals surface area contributed by atoms with Gasteiger partial charge in [0.15, 0.2) is 12.6 Å². The molecule has 4 N–H and O–H groups in total. The second-order valence-corrected chi connectivity index (χ2v) is 15.7. The minimum absolute atomic E-state index is 0.0214. The number of hydrogen-bond donors (Lipinski definition) is 4. The summed E-state index contributed by atoms with van der Waals surface area (Å²) in [5.41, 5.74) is 2.68. The zero-order chi connectivity index (χ0) is 41.1. The molecule has 14 atom stereocenters. The van der Waals surface area contributed by atoms with Crippen molar-refractivity contribution in [3.8, 4) is 0 Å². The quantitative estimate of drug-likeness (QED) is 0.186. The fourth-order valence-corrected chi connectivity index (χ4v) is 7.54. The average Bonchev–Trinajstić information content (AvgIpc) is 3.12. The Hall–Kier alpha value is -2.27. The fourth-order valence-electron chi connectivity index (χ4n) is 7.54. The van der Waals surface area contributed by atoms with E-state index >= 15 is 0 Å². The van der Waals surface area contributed by atoms with E-state index in [1.807, 2.05) is 78.8 Å². The minimum Gasteiger partial charge on any atom is -0.458 e. The van der Waals surface area contributed by atoms with E-state index in [1.165, 1.54) is 20.3 Å². The van der Waals surface area contributed by atoms with Crippen LogP contribution in [0.25, 0.3) is 0 Å². The number of likely N-dealkylation sites (N-methyl/N-ethyl adjacent to an activating group) is 1. The van der Waals surface area contributed by atoms with E-state index in [0.717, 1.165) is 16.7 Å². The molecule has 2 saturated heterocycles. The number of ether oxygens (including phenoxy) is 7. The summed E-state index contributed by atoms with van der Waals surface area (Å²) >= 11 is 0. The van der Waals surface area contributed by atoms with Crippen LogP contribution in [0.2, 0.25) is 0 Å². The Kier molecular flexibility index (Phi) is 18.9. The monoisotopic (exact) mass is 779 g/mol. The van der Waals surface area contributed by atoms with Crippen molar-refractivity contribution < 1.29 is 58.4 Å². The molecule has 3 aliphatic heterocycles. The number of rotatable bonds is 10. The summed E-state index contributed by atoms with van der Waals surface area (Å²) in [6, 6.07) is -0.602. The predicted molar refractivity (Wildman–Crippen MR) is 209 cm³/mol. The van der Waals surface area contributed by atoms with Crippen LogP contribution in [0, 0.1) is 11.8 Å². The molecule has 3 rings (SSSR count). The molecular formula is C42H69NO12. The van der Waals surface area contributed by atoms with Crippen LogP contribution in [-0.2, 0) is 38.0 Å². The summed E-state index contributed by atoms with van der Waals surface area (Å²) in [6.07, 6.45) is 3.17. The highest BCUT2D eigenvalue weighted by Gasteiger charge is 2.51. The van der Waals surface area contributed by atoms with Gasteiger partial charge >= 0.3 is 5.97 Å². The molecule has 3 aliphatic rings. The number of carbonyl (C=O) groups is 1. The highest BCUT2D eigenvalue weighted by molar-refractivity contribution is 5.89. The Bertz CT molecular complexity index is 1370. The maximum atomic E-state index is 13.0. The molecule has 0 aromatic heterocycles. The summed E-state index contributed by atoms with van der Waals surface area (Å²) < 4.78 is 42.8. The first-order valence-corrected chi connectivity index (χ1v) is 19.6. The fraction of sp³-hybridized carbons (Fsp3) is 0.738. The number of aliphatic hydroxyl groups is 4. The van der Waals surface area contributed by atoms with Gasteiger partial charge in [-0.15, -0.1) is 0 Å². The normalized spacial score (nSPS) is 37.7. The summed E-state index contributed by atoms with van der Waals surface area (Å²) in [7, 11) is 6.68. The van der Waals surface area contributed by atoms with E-state index in [0.29, 0.717) is 12.8 Å². The number of carbonyl (C=O) groups excluding carboxylic acids is 1. The van der Waals surface area contributed by atoms with Crippen molar-refractivity contribution in [3.63, 3.8) is 0 Å². The van der Waals surface area contributed by atoms with Crippen molar-refractivity contribution in [2.24, 2.45) is 11.8 Å². The van der Waals surface area contributed by atoms with E-state index in [1.54, 1.807) is 19.1 Å². The lowest BCUT2D eigenvalue weighted by Gasteiger charge is -2.50. The molecule has 0 amide bonds. The Labute approximate surface area is 328 Å². The van der Waals surface area contributed by atoms with Crippen LogP contribution >= 0.6 is 0 Å². The molecule has 314 valence electrons. The molecule has 0 radical (unpaired) electrons.